The molecule has 104 valence electrons. The minimum atomic E-state index is -0.909. The molecular weight excluding hydrogens is 330 g/mol. The van der Waals surface area contributed by atoms with E-state index in [-0.39, 0.29) is 17.7 Å². The molecule has 2 atom stereocenters. The van der Waals surface area contributed by atoms with E-state index >= 15 is 0 Å². The smallest absolute Gasteiger partial charge is 0.308 e. The second kappa shape index (κ2) is 7.55. The Morgan fingerprint density at radius 2 is 1.89 bits per heavy atom. The lowest BCUT2D eigenvalue weighted by Crippen LogP contribution is -2.36. The quantitative estimate of drug-likeness (QED) is 0.778. The number of hydrogen-bond acceptors (Lipinski definition) is 3. The summed E-state index contributed by atoms with van der Waals surface area (Å²) in [6.07, 6.45) is 0. The maximum absolute atomic E-state index is 11.8. The minimum Gasteiger partial charge on any atom is -0.481 e. The van der Waals surface area contributed by atoms with Gasteiger partial charge in [0.2, 0.25) is 5.91 Å². The molecule has 0 aliphatic heterocycles. The fraction of sp³-hybridized carbons (Fsp3) is 0.385. The normalized spacial score (nSPS) is 13.6. The molecule has 1 rings (SSSR count). The number of aliphatic carboxylic acids is 1. The fourth-order valence-electron chi connectivity index (χ4n) is 1.26. The van der Waals surface area contributed by atoms with Crippen molar-refractivity contribution in [3.63, 3.8) is 0 Å². The van der Waals surface area contributed by atoms with Crippen LogP contribution in [0, 0.1) is 5.92 Å². The SMILES string of the molecule is CC(CNC(=O)C(C)Sc1ccc(Br)cc1)C(=O)O. The Morgan fingerprint density at radius 3 is 2.42 bits per heavy atom. The zero-order valence-corrected chi connectivity index (χ0v) is 13.1. The Labute approximate surface area is 125 Å². The maximum atomic E-state index is 11.8. The summed E-state index contributed by atoms with van der Waals surface area (Å²) in [7, 11) is 0. The Morgan fingerprint density at radius 1 is 1.32 bits per heavy atom. The standard InChI is InChI=1S/C13H16BrNO3S/c1-8(13(17)18)7-15-12(16)9(2)19-11-5-3-10(14)4-6-11/h3-6,8-9H,7H2,1-2H3,(H,15,16)(H,17,18). The predicted molar refractivity (Wildman–Crippen MR) is 79.3 cm³/mol. The molecular formula is C13H16BrNO3S. The summed E-state index contributed by atoms with van der Waals surface area (Å²) in [5.74, 6) is -1.64. The number of hydrogen-bond donors (Lipinski definition) is 2. The van der Waals surface area contributed by atoms with E-state index in [1.807, 2.05) is 24.3 Å². The lowest BCUT2D eigenvalue weighted by atomic mass is 10.2. The van der Waals surface area contributed by atoms with Gasteiger partial charge in [0.15, 0.2) is 0 Å². The van der Waals surface area contributed by atoms with Crippen LogP contribution in [0.5, 0.6) is 0 Å². The second-order valence-electron chi connectivity index (χ2n) is 4.20. The van der Waals surface area contributed by atoms with Gasteiger partial charge >= 0.3 is 5.97 Å². The zero-order chi connectivity index (χ0) is 14.4. The van der Waals surface area contributed by atoms with Crippen LogP contribution in [0.4, 0.5) is 0 Å². The Balaban J connectivity index is 2.44. The number of carboxylic acid groups (broad SMARTS) is 1. The van der Waals surface area contributed by atoms with Crippen LogP contribution in [0.25, 0.3) is 0 Å². The third-order valence-corrected chi connectivity index (χ3v) is 4.14. The van der Waals surface area contributed by atoms with Gasteiger partial charge in [0, 0.05) is 15.9 Å². The molecule has 19 heavy (non-hydrogen) atoms. The monoisotopic (exact) mass is 345 g/mol. The molecule has 6 heteroatoms. The van der Waals surface area contributed by atoms with Crippen LogP contribution in [-0.2, 0) is 9.59 Å². The van der Waals surface area contributed by atoms with E-state index in [1.54, 1.807) is 13.8 Å². The van der Waals surface area contributed by atoms with E-state index in [2.05, 4.69) is 21.2 Å². The third-order valence-electron chi connectivity index (χ3n) is 2.50. The van der Waals surface area contributed by atoms with Crippen molar-refractivity contribution >= 4 is 39.6 Å². The highest BCUT2D eigenvalue weighted by Gasteiger charge is 2.17. The molecule has 1 aromatic rings. The van der Waals surface area contributed by atoms with Crippen molar-refractivity contribution in [2.45, 2.75) is 24.0 Å². The van der Waals surface area contributed by atoms with Crippen LogP contribution in [0.2, 0.25) is 0 Å². The van der Waals surface area contributed by atoms with E-state index in [9.17, 15) is 9.59 Å². The average Bonchev–Trinajstić information content (AvgIpc) is 2.37. The van der Waals surface area contributed by atoms with Gasteiger partial charge in [0.05, 0.1) is 11.2 Å². The maximum Gasteiger partial charge on any atom is 0.308 e. The van der Waals surface area contributed by atoms with Gasteiger partial charge in [-0.3, -0.25) is 9.59 Å². The molecule has 0 spiro atoms. The molecule has 0 saturated heterocycles. The van der Waals surface area contributed by atoms with Crippen LogP contribution in [-0.4, -0.2) is 28.8 Å². The first-order valence-corrected chi connectivity index (χ1v) is 7.50. The van der Waals surface area contributed by atoms with E-state index in [0.717, 1.165) is 9.37 Å². The molecule has 0 aliphatic carbocycles. The lowest BCUT2D eigenvalue weighted by molar-refractivity contribution is -0.141. The first-order valence-electron chi connectivity index (χ1n) is 5.83. The average molecular weight is 346 g/mol. The van der Waals surface area contributed by atoms with Gasteiger partial charge in [-0.1, -0.05) is 22.9 Å². The van der Waals surface area contributed by atoms with Gasteiger partial charge in [-0.2, -0.15) is 0 Å². The summed E-state index contributed by atoms with van der Waals surface area (Å²) in [6, 6.07) is 7.69. The molecule has 0 bridgehead atoms. The first-order chi connectivity index (χ1) is 8.90. The fourth-order valence-corrected chi connectivity index (χ4v) is 2.41. The zero-order valence-electron chi connectivity index (χ0n) is 10.7. The van der Waals surface area contributed by atoms with Crippen LogP contribution >= 0.6 is 27.7 Å². The summed E-state index contributed by atoms with van der Waals surface area (Å²) < 4.78 is 0.990. The van der Waals surface area contributed by atoms with Crippen molar-refractivity contribution in [2.24, 2.45) is 5.92 Å². The van der Waals surface area contributed by atoms with E-state index in [1.165, 1.54) is 11.8 Å². The van der Waals surface area contributed by atoms with Crippen molar-refractivity contribution in [2.75, 3.05) is 6.54 Å². The van der Waals surface area contributed by atoms with Crippen LogP contribution in [0.3, 0.4) is 0 Å². The van der Waals surface area contributed by atoms with E-state index in [4.69, 9.17) is 5.11 Å². The van der Waals surface area contributed by atoms with Crippen molar-refractivity contribution < 1.29 is 14.7 Å². The van der Waals surface area contributed by atoms with Gasteiger partial charge in [0.1, 0.15) is 0 Å². The van der Waals surface area contributed by atoms with E-state index < -0.39 is 11.9 Å². The van der Waals surface area contributed by atoms with E-state index in [0.29, 0.717) is 0 Å². The van der Waals surface area contributed by atoms with Crippen molar-refractivity contribution in [3.05, 3.63) is 28.7 Å². The number of carbonyl (C=O) groups excluding carboxylic acids is 1. The highest BCUT2D eigenvalue weighted by atomic mass is 79.9. The molecule has 0 radical (unpaired) electrons. The second-order valence-corrected chi connectivity index (χ2v) is 6.53. The number of nitrogens with one attached hydrogen (secondary N) is 1. The van der Waals surface area contributed by atoms with Gasteiger partial charge in [0.25, 0.3) is 0 Å². The molecule has 0 saturated carbocycles. The Kier molecular flexibility index (Phi) is 6.37. The highest BCUT2D eigenvalue weighted by Crippen LogP contribution is 2.24. The molecule has 0 fully saturated rings. The van der Waals surface area contributed by atoms with Gasteiger partial charge in [-0.05, 0) is 31.2 Å². The van der Waals surface area contributed by atoms with Gasteiger partial charge in [-0.15, -0.1) is 11.8 Å². The van der Waals surface area contributed by atoms with Gasteiger partial charge < -0.3 is 10.4 Å². The third kappa shape index (κ3) is 5.65. The number of benzene rings is 1. The van der Waals surface area contributed by atoms with Crippen LogP contribution < -0.4 is 5.32 Å². The first kappa shape index (κ1) is 16.0. The summed E-state index contributed by atoms with van der Waals surface area (Å²) in [5.41, 5.74) is 0. The largest absolute Gasteiger partial charge is 0.481 e. The summed E-state index contributed by atoms with van der Waals surface area (Å²) >= 11 is 4.79. The molecule has 2 unspecified atom stereocenters. The van der Waals surface area contributed by atoms with Gasteiger partial charge in [-0.25, -0.2) is 0 Å². The minimum absolute atomic E-state index is 0.152. The van der Waals surface area contributed by atoms with Crippen molar-refractivity contribution in [3.8, 4) is 0 Å². The van der Waals surface area contributed by atoms with Crippen molar-refractivity contribution in [1.29, 1.82) is 0 Å². The molecule has 1 aromatic carbocycles. The number of carbonyl (C=O) groups is 2. The number of rotatable bonds is 6. The molecule has 0 aliphatic rings. The molecule has 0 aromatic heterocycles. The van der Waals surface area contributed by atoms with Crippen LogP contribution in [0.15, 0.2) is 33.6 Å². The predicted octanol–water partition coefficient (Wildman–Crippen LogP) is 2.77. The van der Waals surface area contributed by atoms with Crippen LogP contribution in [0.1, 0.15) is 13.8 Å². The Hall–Kier alpha value is -1.01. The molecule has 4 nitrogen and oxygen atoms in total. The summed E-state index contributed by atoms with van der Waals surface area (Å²) in [5, 5.41) is 11.1. The highest BCUT2D eigenvalue weighted by molar-refractivity contribution is 9.10. The number of thioether (sulfide) groups is 1. The Bertz CT molecular complexity index is 450. The molecule has 1 amide bonds. The number of halogens is 1. The van der Waals surface area contributed by atoms with Crippen molar-refractivity contribution in [1.82, 2.24) is 5.32 Å². The number of amides is 1. The summed E-state index contributed by atoms with van der Waals surface area (Å²) in [6.45, 7) is 3.52. The molecule has 0 heterocycles. The topological polar surface area (TPSA) is 66.4 Å². The summed E-state index contributed by atoms with van der Waals surface area (Å²) in [4.78, 5) is 23.4. The molecule has 2 N–H and O–H groups in total. The number of carboxylic acids is 1. The lowest BCUT2D eigenvalue weighted by Gasteiger charge is -2.13.